The van der Waals surface area contributed by atoms with Gasteiger partial charge in [0.2, 0.25) is 5.82 Å². The predicted octanol–water partition coefficient (Wildman–Crippen LogP) is 3.30. The van der Waals surface area contributed by atoms with Crippen LogP contribution in [-0.2, 0) is 6.42 Å². The summed E-state index contributed by atoms with van der Waals surface area (Å²) in [4.78, 5) is 20.6. The van der Waals surface area contributed by atoms with Gasteiger partial charge in [-0.3, -0.25) is 4.79 Å². The Morgan fingerprint density at radius 1 is 1.04 bits per heavy atom. The van der Waals surface area contributed by atoms with E-state index in [2.05, 4.69) is 39.7 Å². The van der Waals surface area contributed by atoms with Crippen LogP contribution in [0.25, 0.3) is 10.9 Å². The summed E-state index contributed by atoms with van der Waals surface area (Å²) in [5.41, 5.74) is 2.93. The molecule has 0 unspecified atom stereocenters. The Balaban J connectivity index is 2.05. The summed E-state index contributed by atoms with van der Waals surface area (Å²) in [6.45, 7) is 2.12. The van der Waals surface area contributed by atoms with Crippen LogP contribution in [-0.4, -0.2) is 22.9 Å². The fourth-order valence-corrected chi connectivity index (χ4v) is 2.35. The summed E-state index contributed by atoms with van der Waals surface area (Å²) in [7, 11) is 1.57. The van der Waals surface area contributed by atoms with E-state index in [-0.39, 0.29) is 11.7 Å². The molecule has 0 aliphatic rings. The minimum atomic E-state index is -0.305. The number of nitrogens with one attached hydrogen (secondary N) is 2. The van der Waals surface area contributed by atoms with Gasteiger partial charge in [-0.15, -0.1) is 0 Å². The molecule has 116 valence electrons. The third kappa shape index (κ3) is 3.13. The maximum atomic E-state index is 11.9. The number of rotatable bonds is 4. The lowest BCUT2D eigenvalue weighted by atomic mass is 10.1. The van der Waals surface area contributed by atoms with E-state index in [1.54, 1.807) is 7.05 Å². The monoisotopic (exact) mass is 306 g/mol. The molecular formula is C18H18N4O. The van der Waals surface area contributed by atoms with E-state index in [1.807, 2.05) is 36.4 Å². The fourth-order valence-electron chi connectivity index (χ4n) is 2.35. The SMILES string of the molecule is CCc1ccc(Nc2nc(C(=O)NC)nc3ccccc23)cc1. The lowest BCUT2D eigenvalue weighted by Gasteiger charge is -2.11. The van der Waals surface area contributed by atoms with Crippen LogP contribution < -0.4 is 10.6 Å². The Hall–Kier alpha value is -2.95. The Morgan fingerprint density at radius 3 is 2.48 bits per heavy atom. The summed E-state index contributed by atoms with van der Waals surface area (Å²) < 4.78 is 0. The molecule has 0 spiro atoms. The first-order valence-corrected chi connectivity index (χ1v) is 7.56. The van der Waals surface area contributed by atoms with Crippen molar-refractivity contribution in [2.45, 2.75) is 13.3 Å². The molecule has 2 N–H and O–H groups in total. The largest absolute Gasteiger partial charge is 0.352 e. The molecule has 0 fully saturated rings. The number of benzene rings is 2. The molecule has 0 atom stereocenters. The first kappa shape index (κ1) is 15.0. The molecule has 0 radical (unpaired) electrons. The maximum absolute atomic E-state index is 11.9. The normalized spacial score (nSPS) is 10.5. The molecule has 0 bridgehead atoms. The van der Waals surface area contributed by atoms with E-state index in [0.717, 1.165) is 23.0 Å². The summed E-state index contributed by atoms with van der Waals surface area (Å²) in [6, 6.07) is 15.8. The lowest BCUT2D eigenvalue weighted by Crippen LogP contribution is -2.21. The van der Waals surface area contributed by atoms with Crippen molar-refractivity contribution >= 4 is 28.3 Å². The van der Waals surface area contributed by atoms with Crippen LogP contribution in [0.1, 0.15) is 23.1 Å². The summed E-state index contributed by atoms with van der Waals surface area (Å²) in [6.07, 6.45) is 0.998. The molecule has 0 saturated carbocycles. The van der Waals surface area contributed by atoms with Gasteiger partial charge in [0.05, 0.1) is 5.52 Å². The van der Waals surface area contributed by atoms with Crippen molar-refractivity contribution in [3.63, 3.8) is 0 Å². The quantitative estimate of drug-likeness (QED) is 0.776. The standard InChI is InChI=1S/C18H18N4O/c1-3-12-8-10-13(11-9-12)20-16-14-6-4-5-7-15(14)21-17(22-16)18(23)19-2/h4-11H,3H2,1-2H3,(H,19,23)(H,20,21,22). The Kier molecular flexibility index (Phi) is 4.19. The predicted molar refractivity (Wildman–Crippen MR) is 92.0 cm³/mol. The molecule has 3 rings (SSSR count). The van der Waals surface area contributed by atoms with Crippen LogP contribution in [0.2, 0.25) is 0 Å². The molecule has 1 aromatic heterocycles. The summed E-state index contributed by atoms with van der Waals surface area (Å²) in [5.74, 6) is 0.470. The van der Waals surface area contributed by atoms with Crippen LogP contribution in [0.4, 0.5) is 11.5 Å². The van der Waals surface area contributed by atoms with Crippen LogP contribution >= 0.6 is 0 Å². The Labute approximate surface area is 134 Å². The van der Waals surface area contributed by atoms with Crippen LogP contribution in [0, 0.1) is 0 Å². The smallest absolute Gasteiger partial charge is 0.288 e. The molecule has 23 heavy (non-hydrogen) atoms. The maximum Gasteiger partial charge on any atom is 0.288 e. The highest BCUT2D eigenvalue weighted by Crippen LogP contribution is 2.24. The van der Waals surface area contributed by atoms with Crippen molar-refractivity contribution in [3.05, 3.63) is 59.9 Å². The van der Waals surface area contributed by atoms with E-state index in [4.69, 9.17) is 0 Å². The number of para-hydroxylation sites is 1. The van der Waals surface area contributed by atoms with Crippen LogP contribution in [0.15, 0.2) is 48.5 Å². The van der Waals surface area contributed by atoms with Gasteiger partial charge in [0, 0.05) is 18.1 Å². The van der Waals surface area contributed by atoms with Gasteiger partial charge >= 0.3 is 0 Å². The number of amides is 1. The number of aromatic nitrogens is 2. The first-order chi connectivity index (χ1) is 11.2. The van der Waals surface area contributed by atoms with Crippen molar-refractivity contribution in [2.75, 3.05) is 12.4 Å². The van der Waals surface area contributed by atoms with Gasteiger partial charge in [-0.05, 0) is 36.2 Å². The number of hydrogen-bond acceptors (Lipinski definition) is 4. The number of nitrogens with zero attached hydrogens (tertiary/aromatic N) is 2. The fraction of sp³-hybridized carbons (Fsp3) is 0.167. The molecule has 1 amide bonds. The van der Waals surface area contributed by atoms with Gasteiger partial charge in [-0.1, -0.05) is 31.2 Å². The molecule has 0 saturated heterocycles. The van der Waals surface area contributed by atoms with Crippen molar-refractivity contribution in [3.8, 4) is 0 Å². The van der Waals surface area contributed by atoms with Gasteiger partial charge in [0.15, 0.2) is 0 Å². The van der Waals surface area contributed by atoms with E-state index in [1.165, 1.54) is 5.56 Å². The highest BCUT2D eigenvalue weighted by atomic mass is 16.2. The van der Waals surface area contributed by atoms with Gasteiger partial charge in [0.25, 0.3) is 5.91 Å². The second-order valence-electron chi connectivity index (χ2n) is 5.17. The summed E-state index contributed by atoms with van der Waals surface area (Å²) >= 11 is 0. The number of aryl methyl sites for hydroxylation is 1. The molecule has 2 aromatic carbocycles. The van der Waals surface area contributed by atoms with E-state index < -0.39 is 0 Å². The summed E-state index contributed by atoms with van der Waals surface area (Å²) in [5, 5.41) is 6.72. The van der Waals surface area contributed by atoms with Crippen molar-refractivity contribution in [1.29, 1.82) is 0 Å². The highest BCUT2D eigenvalue weighted by molar-refractivity contribution is 5.97. The van der Waals surface area contributed by atoms with Crippen molar-refractivity contribution in [1.82, 2.24) is 15.3 Å². The van der Waals surface area contributed by atoms with E-state index >= 15 is 0 Å². The third-order valence-corrected chi connectivity index (χ3v) is 3.66. The average Bonchev–Trinajstić information content (AvgIpc) is 2.61. The first-order valence-electron chi connectivity index (χ1n) is 7.56. The molecule has 3 aromatic rings. The Morgan fingerprint density at radius 2 is 1.78 bits per heavy atom. The number of carbonyl (C=O) groups is 1. The zero-order chi connectivity index (χ0) is 16.2. The number of hydrogen-bond donors (Lipinski definition) is 2. The molecule has 0 aliphatic carbocycles. The van der Waals surface area contributed by atoms with E-state index in [9.17, 15) is 4.79 Å². The third-order valence-electron chi connectivity index (χ3n) is 3.66. The molecular weight excluding hydrogens is 288 g/mol. The second kappa shape index (κ2) is 6.44. The molecule has 1 heterocycles. The van der Waals surface area contributed by atoms with Gasteiger partial charge in [-0.25, -0.2) is 9.97 Å². The van der Waals surface area contributed by atoms with Crippen LogP contribution in [0.3, 0.4) is 0 Å². The van der Waals surface area contributed by atoms with Gasteiger partial charge in [-0.2, -0.15) is 0 Å². The minimum Gasteiger partial charge on any atom is -0.352 e. The van der Waals surface area contributed by atoms with Crippen LogP contribution in [0.5, 0.6) is 0 Å². The Bertz CT molecular complexity index is 843. The number of carbonyl (C=O) groups excluding carboxylic acids is 1. The van der Waals surface area contributed by atoms with Gasteiger partial charge < -0.3 is 10.6 Å². The molecule has 5 nitrogen and oxygen atoms in total. The topological polar surface area (TPSA) is 66.9 Å². The van der Waals surface area contributed by atoms with Crippen molar-refractivity contribution < 1.29 is 4.79 Å². The zero-order valence-electron chi connectivity index (χ0n) is 13.1. The molecule has 5 heteroatoms. The van der Waals surface area contributed by atoms with Gasteiger partial charge in [0.1, 0.15) is 5.82 Å². The van der Waals surface area contributed by atoms with E-state index in [0.29, 0.717) is 5.82 Å². The average molecular weight is 306 g/mol. The molecule has 0 aliphatic heterocycles. The number of anilines is 2. The highest BCUT2D eigenvalue weighted by Gasteiger charge is 2.12. The lowest BCUT2D eigenvalue weighted by molar-refractivity contribution is 0.0953. The number of fused-ring (bicyclic) bond motifs is 1. The zero-order valence-corrected chi connectivity index (χ0v) is 13.1. The minimum absolute atomic E-state index is 0.152. The second-order valence-corrected chi connectivity index (χ2v) is 5.17. The van der Waals surface area contributed by atoms with Crippen molar-refractivity contribution in [2.24, 2.45) is 0 Å².